The number of tetrazole rings is 1. The highest BCUT2D eigenvalue weighted by Gasteiger charge is 2.27. The molecule has 0 spiro atoms. The van der Waals surface area contributed by atoms with Crippen LogP contribution >= 0.6 is 0 Å². The second-order valence-electron chi connectivity index (χ2n) is 3.50. The number of nitrogens with one attached hydrogen (secondary N) is 1. The van der Waals surface area contributed by atoms with Crippen molar-refractivity contribution < 1.29 is 9.53 Å². The van der Waals surface area contributed by atoms with Crippen molar-refractivity contribution >= 4 is 6.29 Å². The van der Waals surface area contributed by atoms with Crippen molar-refractivity contribution in [3.63, 3.8) is 0 Å². The highest BCUT2D eigenvalue weighted by atomic mass is 16.5. The quantitative estimate of drug-likeness (QED) is 0.773. The van der Waals surface area contributed by atoms with Gasteiger partial charge in [0.2, 0.25) is 0 Å². The first kappa shape index (κ1) is 11.4. The molecule has 6 nitrogen and oxygen atoms in total. The van der Waals surface area contributed by atoms with E-state index < -0.39 is 12.0 Å². The molecule has 0 bridgehead atoms. The van der Waals surface area contributed by atoms with Gasteiger partial charge < -0.3 is 9.53 Å². The smallest absolute Gasteiger partial charge is 0.187 e. The lowest BCUT2D eigenvalue weighted by atomic mass is 9.96. The molecule has 0 aliphatic carbocycles. The molecule has 0 fully saturated rings. The van der Waals surface area contributed by atoms with Gasteiger partial charge in [-0.25, -0.2) is 0 Å². The van der Waals surface area contributed by atoms with Gasteiger partial charge in [0.15, 0.2) is 5.82 Å². The summed E-state index contributed by atoms with van der Waals surface area (Å²) in [5.41, 5.74) is 0.900. The van der Waals surface area contributed by atoms with Crippen molar-refractivity contribution in [2.24, 2.45) is 0 Å². The number of benzene rings is 1. The zero-order valence-electron chi connectivity index (χ0n) is 9.28. The van der Waals surface area contributed by atoms with Crippen LogP contribution in [0.4, 0.5) is 0 Å². The van der Waals surface area contributed by atoms with Crippen LogP contribution in [0.3, 0.4) is 0 Å². The standard InChI is InChI=1S/C11H12N4O2/c1-17-10(8-5-3-2-4-6-8)9(7-16)11-12-14-15-13-11/h2-7,9-10H,1H3,(H,12,13,14,15). The van der Waals surface area contributed by atoms with Crippen LogP contribution in [0.25, 0.3) is 0 Å². The summed E-state index contributed by atoms with van der Waals surface area (Å²) in [5.74, 6) is -0.239. The molecule has 0 aliphatic heterocycles. The van der Waals surface area contributed by atoms with Gasteiger partial charge in [-0.1, -0.05) is 35.5 Å². The molecule has 2 aromatic rings. The second-order valence-corrected chi connectivity index (χ2v) is 3.50. The van der Waals surface area contributed by atoms with Crippen LogP contribution in [0.5, 0.6) is 0 Å². The van der Waals surface area contributed by atoms with Crippen molar-refractivity contribution in [3.8, 4) is 0 Å². The molecule has 0 aliphatic rings. The molecule has 17 heavy (non-hydrogen) atoms. The largest absolute Gasteiger partial charge is 0.376 e. The van der Waals surface area contributed by atoms with Crippen molar-refractivity contribution in [2.45, 2.75) is 12.0 Å². The topological polar surface area (TPSA) is 80.8 Å². The van der Waals surface area contributed by atoms with Crippen LogP contribution in [0.2, 0.25) is 0 Å². The SMILES string of the molecule is COC(c1ccccc1)C(C=O)c1nn[nH]n1. The molecule has 1 aromatic carbocycles. The summed E-state index contributed by atoms with van der Waals surface area (Å²) in [6.45, 7) is 0. The molecule has 6 heteroatoms. The average molecular weight is 232 g/mol. The number of hydrogen-bond donors (Lipinski definition) is 1. The van der Waals surface area contributed by atoms with Crippen molar-refractivity contribution in [1.29, 1.82) is 0 Å². The van der Waals surface area contributed by atoms with Crippen LogP contribution in [0, 0.1) is 0 Å². The van der Waals surface area contributed by atoms with Gasteiger partial charge in [-0.3, -0.25) is 0 Å². The predicted octanol–water partition coefficient (Wildman–Crippen LogP) is 0.870. The Hall–Kier alpha value is -2.08. The highest BCUT2D eigenvalue weighted by molar-refractivity contribution is 5.61. The minimum Gasteiger partial charge on any atom is -0.376 e. The van der Waals surface area contributed by atoms with E-state index >= 15 is 0 Å². The van der Waals surface area contributed by atoms with Crippen LogP contribution in [-0.2, 0) is 9.53 Å². The van der Waals surface area contributed by atoms with Gasteiger partial charge in [0.1, 0.15) is 12.2 Å². The Morgan fingerprint density at radius 2 is 2.12 bits per heavy atom. The van der Waals surface area contributed by atoms with E-state index in [-0.39, 0.29) is 0 Å². The van der Waals surface area contributed by atoms with Gasteiger partial charge in [0.05, 0.1) is 6.10 Å². The molecular weight excluding hydrogens is 220 g/mol. The lowest BCUT2D eigenvalue weighted by molar-refractivity contribution is -0.112. The molecule has 1 aromatic heterocycles. The van der Waals surface area contributed by atoms with Gasteiger partial charge in [-0.15, -0.1) is 10.2 Å². The van der Waals surface area contributed by atoms with E-state index in [1.54, 1.807) is 7.11 Å². The van der Waals surface area contributed by atoms with Gasteiger partial charge >= 0.3 is 0 Å². The van der Waals surface area contributed by atoms with E-state index in [0.717, 1.165) is 11.8 Å². The van der Waals surface area contributed by atoms with Crippen LogP contribution in [0.1, 0.15) is 23.4 Å². The molecule has 2 unspecified atom stereocenters. The second kappa shape index (κ2) is 5.31. The fourth-order valence-corrected chi connectivity index (χ4v) is 1.71. The zero-order chi connectivity index (χ0) is 12.1. The van der Waals surface area contributed by atoms with Crippen LogP contribution in [-0.4, -0.2) is 34.0 Å². The number of nitrogens with zero attached hydrogens (tertiary/aromatic N) is 3. The Morgan fingerprint density at radius 1 is 1.35 bits per heavy atom. The normalized spacial score (nSPS) is 14.2. The molecule has 1 heterocycles. The third-order valence-corrected chi connectivity index (χ3v) is 2.51. The summed E-state index contributed by atoms with van der Waals surface area (Å²) >= 11 is 0. The molecule has 1 N–H and O–H groups in total. The number of methoxy groups -OCH3 is 1. The summed E-state index contributed by atoms with van der Waals surface area (Å²) in [5, 5.41) is 13.4. The fraction of sp³-hybridized carbons (Fsp3) is 0.273. The summed E-state index contributed by atoms with van der Waals surface area (Å²) in [6, 6.07) is 9.47. The summed E-state index contributed by atoms with van der Waals surface area (Å²) in [7, 11) is 1.55. The van der Waals surface area contributed by atoms with Crippen molar-refractivity contribution in [3.05, 3.63) is 41.7 Å². The summed E-state index contributed by atoms with van der Waals surface area (Å²) < 4.78 is 5.36. The van der Waals surface area contributed by atoms with E-state index in [0.29, 0.717) is 5.82 Å². The van der Waals surface area contributed by atoms with Crippen molar-refractivity contribution in [2.75, 3.05) is 7.11 Å². The van der Waals surface area contributed by atoms with Crippen LogP contribution < -0.4 is 0 Å². The van der Waals surface area contributed by atoms with Gasteiger partial charge in [0.25, 0.3) is 0 Å². The minimum atomic E-state index is -0.568. The lowest BCUT2D eigenvalue weighted by Crippen LogP contribution is -2.16. The Bertz CT molecular complexity index is 458. The van der Waals surface area contributed by atoms with Crippen LogP contribution in [0.15, 0.2) is 30.3 Å². The number of hydrogen-bond acceptors (Lipinski definition) is 5. The molecule has 0 amide bonds. The monoisotopic (exact) mass is 232 g/mol. The van der Waals surface area contributed by atoms with E-state index in [1.807, 2.05) is 30.3 Å². The van der Waals surface area contributed by atoms with Gasteiger partial charge in [-0.05, 0) is 5.56 Å². The number of carbonyl (C=O) groups is 1. The van der Waals surface area contributed by atoms with Gasteiger partial charge in [-0.2, -0.15) is 5.21 Å². The number of rotatable bonds is 5. The predicted molar refractivity (Wildman–Crippen MR) is 59.2 cm³/mol. The zero-order valence-corrected chi connectivity index (χ0v) is 9.28. The number of aromatic amines is 1. The Morgan fingerprint density at radius 3 is 2.65 bits per heavy atom. The first-order chi connectivity index (χ1) is 8.36. The maximum atomic E-state index is 11.2. The number of H-pyrrole nitrogens is 1. The molecule has 0 saturated heterocycles. The number of aldehydes is 1. The third kappa shape index (κ3) is 2.36. The molecule has 0 saturated carbocycles. The van der Waals surface area contributed by atoms with Gasteiger partial charge in [0, 0.05) is 7.11 Å². The number of carbonyl (C=O) groups excluding carboxylic acids is 1. The Balaban J connectivity index is 2.31. The molecule has 88 valence electrons. The first-order valence-electron chi connectivity index (χ1n) is 5.13. The molecular formula is C11H12N4O2. The molecule has 0 radical (unpaired) electrons. The maximum Gasteiger partial charge on any atom is 0.187 e. The average Bonchev–Trinajstić information content (AvgIpc) is 2.90. The maximum absolute atomic E-state index is 11.2. The minimum absolute atomic E-state index is 0.329. The van der Waals surface area contributed by atoms with Crippen molar-refractivity contribution in [1.82, 2.24) is 20.6 Å². The van der Waals surface area contributed by atoms with E-state index in [4.69, 9.17) is 4.74 Å². The molecule has 2 atom stereocenters. The Kier molecular flexibility index (Phi) is 3.56. The first-order valence-corrected chi connectivity index (χ1v) is 5.13. The highest BCUT2D eigenvalue weighted by Crippen LogP contribution is 2.29. The summed E-state index contributed by atoms with van der Waals surface area (Å²) in [4.78, 5) is 11.2. The van der Waals surface area contributed by atoms with E-state index in [9.17, 15) is 4.79 Å². The number of ether oxygens (including phenoxy) is 1. The lowest BCUT2D eigenvalue weighted by Gasteiger charge is -2.19. The van der Waals surface area contributed by atoms with E-state index in [1.165, 1.54) is 0 Å². The Labute approximate surface area is 98.0 Å². The fourth-order valence-electron chi connectivity index (χ4n) is 1.71. The third-order valence-electron chi connectivity index (χ3n) is 2.51. The van der Waals surface area contributed by atoms with E-state index in [2.05, 4.69) is 20.6 Å². The number of aromatic nitrogens is 4. The molecule has 2 rings (SSSR count). The summed E-state index contributed by atoms with van der Waals surface area (Å²) in [6.07, 6.45) is 0.359.